The molecule has 1 saturated carbocycles. The van der Waals surface area contributed by atoms with Crippen molar-refractivity contribution in [3.8, 4) is 0 Å². The van der Waals surface area contributed by atoms with E-state index in [0.717, 1.165) is 32.3 Å². The molecule has 0 amide bonds. The first-order chi connectivity index (χ1) is 7.13. The Morgan fingerprint density at radius 1 is 1.27 bits per heavy atom. The third kappa shape index (κ3) is 4.49. The summed E-state index contributed by atoms with van der Waals surface area (Å²) in [6, 6.07) is 1.01. The van der Waals surface area contributed by atoms with Crippen molar-refractivity contribution in [2.45, 2.75) is 57.7 Å². The molecule has 3 nitrogen and oxygen atoms in total. The Morgan fingerprint density at radius 3 is 2.33 bits per heavy atom. The maximum atomic E-state index is 9.42. The van der Waals surface area contributed by atoms with Gasteiger partial charge in [0, 0.05) is 19.2 Å². The van der Waals surface area contributed by atoms with Gasteiger partial charge in [-0.15, -0.1) is 0 Å². The van der Waals surface area contributed by atoms with E-state index >= 15 is 0 Å². The molecule has 0 aliphatic heterocycles. The molecule has 1 atom stereocenters. The SMILES string of the molecule is COCC(NC1CCC(O)CC1)C(C)C. The first-order valence-electron chi connectivity index (χ1n) is 6.06. The molecule has 1 rings (SSSR count). The fourth-order valence-electron chi connectivity index (χ4n) is 2.16. The van der Waals surface area contributed by atoms with E-state index in [2.05, 4.69) is 19.2 Å². The molecule has 0 aromatic heterocycles. The van der Waals surface area contributed by atoms with Gasteiger partial charge in [0.15, 0.2) is 0 Å². The van der Waals surface area contributed by atoms with Crippen molar-refractivity contribution in [2.75, 3.05) is 13.7 Å². The highest BCUT2D eigenvalue weighted by Gasteiger charge is 2.23. The van der Waals surface area contributed by atoms with Crippen molar-refractivity contribution < 1.29 is 9.84 Å². The zero-order valence-electron chi connectivity index (χ0n) is 10.2. The van der Waals surface area contributed by atoms with E-state index in [0.29, 0.717) is 18.0 Å². The first-order valence-corrected chi connectivity index (χ1v) is 6.06. The van der Waals surface area contributed by atoms with Crippen LogP contribution in [0.25, 0.3) is 0 Å². The van der Waals surface area contributed by atoms with Gasteiger partial charge >= 0.3 is 0 Å². The second kappa shape index (κ2) is 6.46. The summed E-state index contributed by atoms with van der Waals surface area (Å²) in [6.45, 7) is 5.21. The van der Waals surface area contributed by atoms with E-state index in [9.17, 15) is 5.11 Å². The minimum atomic E-state index is -0.0667. The third-order valence-electron chi connectivity index (χ3n) is 3.30. The third-order valence-corrected chi connectivity index (χ3v) is 3.30. The topological polar surface area (TPSA) is 41.5 Å². The molecule has 3 heteroatoms. The summed E-state index contributed by atoms with van der Waals surface area (Å²) in [4.78, 5) is 0. The Bertz CT molecular complexity index is 165. The Kier molecular flexibility index (Phi) is 5.58. The molecule has 0 radical (unpaired) electrons. The summed E-state index contributed by atoms with van der Waals surface area (Å²) in [6.07, 6.45) is 4.00. The standard InChI is InChI=1S/C12H25NO2/c1-9(2)12(8-15-3)13-10-4-6-11(14)7-5-10/h9-14H,4-8H2,1-3H3. The van der Waals surface area contributed by atoms with Crippen LogP contribution in [0, 0.1) is 5.92 Å². The number of aliphatic hydroxyl groups excluding tert-OH is 1. The number of hydrogen-bond donors (Lipinski definition) is 2. The van der Waals surface area contributed by atoms with E-state index in [1.165, 1.54) is 0 Å². The van der Waals surface area contributed by atoms with Crippen LogP contribution in [0.4, 0.5) is 0 Å². The lowest BCUT2D eigenvalue weighted by molar-refractivity contribution is 0.0981. The zero-order chi connectivity index (χ0) is 11.3. The quantitative estimate of drug-likeness (QED) is 0.731. The van der Waals surface area contributed by atoms with Crippen molar-refractivity contribution >= 4 is 0 Å². The number of aliphatic hydroxyl groups is 1. The van der Waals surface area contributed by atoms with Gasteiger partial charge in [0.25, 0.3) is 0 Å². The Morgan fingerprint density at radius 2 is 1.87 bits per heavy atom. The molecule has 0 aromatic carbocycles. The van der Waals surface area contributed by atoms with E-state index in [1.807, 2.05) is 0 Å². The van der Waals surface area contributed by atoms with Crippen molar-refractivity contribution in [3.63, 3.8) is 0 Å². The summed E-state index contributed by atoms with van der Waals surface area (Å²) in [5.74, 6) is 0.594. The molecule has 0 spiro atoms. The molecule has 1 unspecified atom stereocenters. The normalized spacial score (nSPS) is 29.4. The minimum Gasteiger partial charge on any atom is -0.393 e. The summed E-state index contributed by atoms with van der Waals surface area (Å²) >= 11 is 0. The van der Waals surface area contributed by atoms with Crippen LogP contribution < -0.4 is 5.32 Å². The van der Waals surface area contributed by atoms with E-state index in [4.69, 9.17) is 4.74 Å². The molecule has 0 aromatic rings. The van der Waals surface area contributed by atoms with Gasteiger partial charge in [0.05, 0.1) is 12.7 Å². The highest BCUT2D eigenvalue weighted by Crippen LogP contribution is 2.19. The lowest BCUT2D eigenvalue weighted by Gasteiger charge is -2.31. The Balaban J connectivity index is 2.31. The van der Waals surface area contributed by atoms with E-state index < -0.39 is 0 Å². The number of rotatable bonds is 5. The second-order valence-corrected chi connectivity index (χ2v) is 4.98. The maximum absolute atomic E-state index is 9.42. The van der Waals surface area contributed by atoms with Crippen molar-refractivity contribution in [1.82, 2.24) is 5.32 Å². The zero-order valence-corrected chi connectivity index (χ0v) is 10.2. The summed E-state index contributed by atoms with van der Waals surface area (Å²) in [5.41, 5.74) is 0. The van der Waals surface area contributed by atoms with Crippen LogP contribution in [0.3, 0.4) is 0 Å². The highest BCUT2D eigenvalue weighted by atomic mass is 16.5. The lowest BCUT2D eigenvalue weighted by atomic mass is 9.91. The number of methoxy groups -OCH3 is 1. The molecular formula is C12H25NO2. The monoisotopic (exact) mass is 215 g/mol. The average Bonchev–Trinajstić information content (AvgIpc) is 2.20. The highest BCUT2D eigenvalue weighted by molar-refractivity contribution is 4.81. The molecular weight excluding hydrogens is 190 g/mol. The van der Waals surface area contributed by atoms with Crippen LogP contribution in [-0.4, -0.2) is 37.0 Å². The molecule has 1 fully saturated rings. The number of ether oxygens (including phenoxy) is 1. The fourth-order valence-corrected chi connectivity index (χ4v) is 2.16. The van der Waals surface area contributed by atoms with Crippen LogP contribution >= 0.6 is 0 Å². The van der Waals surface area contributed by atoms with Gasteiger partial charge in [-0.25, -0.2) is 0 Å². The largest absolute Gasteiger partial charge is 0.393 e. The summed E-state index contributed by atoms with van der Waals surface area (Å²) < 4.78 is 5.22. The smallest absolute Gasteiger partial charge is 0.0618 e. The second-order valence-electron chi connectivity index (χ2n) is 4.98. The van der Waals surface area contributed by atoms with Gasteiger partial charge < -0.3 is 15.2 Å². The van der Waals surface area contributed by atoms with Crippen LogP contribution in [0.1, 0.15) is 39.5 Å². The number of nitrogens with one attached hydrogen (secondary N) is 1. The van der Waals surface area contributed by atoms with Gasteiger partial charge in [-0.3, -0.25) is 0 Å². The molecule has 0 bridgehead atoms. The van der Waals surface area contributed by atoms with E-state index in [1.54, 1.807) is 7.11 Å². The minimum absolute atomic E-state index is 0.0667. The molecule has 1 aliphatic rings. The molecule has 0 heterocycles. The maximum Gasteiger partial charge on any atom is 0.0618 e. The summed E-state index contributed by atoms with van der Waals surface area (Å²) in [7, 11) is 1.75. The van der Waals surface area contributed by atoms with E-state index in [-0.39, 0.29) is 6.10 Å². The molecule has 15 heavy (non-hydrogen) atoms. The fraction of sp³-hybridized carbons (Fsp3) is 1.00. The predicted octanol–water partition coefficient (Wildman–Crippen LogP) is 1.55. The molecule has 2 N–H and O–H groups in total. The van der Waals surface area contributed by atoms with Crippen LogP contribution in [0.2, 0.25) is 0 Å². The molecule has 0 saturated heterocycles. The van der Waals surface area contributed by atoms with Gasteiger partial charge in [0.1, 0.15) is 0 Å². The first kappa shape index (κ1) is 12.9. The van der Waals surface area contributed by atoms with Crippen molar-refractivity contribution in [3.05, 3.63) is 0 Å². The Hall–Kier alpha value is -0.120. The lowest BCUT2D eigenvalue weighted by Crippen LogP contribution is -2.46. The van der Waals surface area contributed by atoms with Gasteiger partial charge in [-0.2, -0.15) is 0 Å². The molecule has 90 valence electrons. The van der Waals surface area contributed by atoms with Gasteiger partial charge in [0.2, 0.25) is 0 Å². The number of hydrogen-bond acceptors (Lipinski definition) is 3. The van der Waals surface area contributed by atoms with Crippen LogP contribution in [0.15, 0.2) is 0 Å². The van der Waals surface area contributed by atoms with Crippen LogP contribution in [-0.2, 0) is 4.74 Å². The molecule has 1 aliphatic carbocycles. The van der Waals surface area contributed by atoms with Crippen molar-refractivity contribution in [1.29, 1.82) is 0 Å². The van der Waals surface area contributed by atoms with Crippen molar-refractivity contribution in [2.24, 2.45) is 5.92 Å². The Labute approximate surface area is 93.2 Å². The average molecular weight is 215 g/mol. The van der Waals surface area contributed by atoms with Crippen LogP contribution in [0.5, 0.6) is 0 Å². The van der Waals surface area contributed by atoms with Gasteiger partial charge in [-0.1, -0.05) is 13.8 Å². The van der Waals surface area contributed by atoms with Gasteiger partial charge in [-0.05, 0) is 31.6 Å². The summed E-state index contributed by atoms with van der Waals surface area (Å²) in [5, 5.41) is 13.1. The predicted molar refractivity (Wildman–Crippen MR) is 61.9 cm³/mol.